The van der Waals surface area contributed by atoms with Crippen LogP contribution in [0.5, 0.6) is 0 Å². The minimum atomic E-state index is -3.36. The third-order valence-corrected chi connectivity index (χ3v) is 6.76. The molecule has 3 rings (SSSR count). The highest BCUT2D eigenvalue weighted by molar-refractivity contribution is 7.89. The molecule has 0 radical (unpaired) electrons. The first kappa shape index (κ1) is 15.0. The van der Waals surface area contributed by atoms with Gasteiger partial charge in [0.15, 0.2) is 0 Å². The Labute approximate surface area is 127 Å². The van der Waals surface area contributed by atoms with Crippen molar-refractivity contribution in [2.75, 3.05) is 13.1 Å². The Balaban J connectivity index is 2.02. The van der Waals surface area contributed by atoms with Crippen LogP contribution in [0.2, 0.25) is 0 Å². The second-order valence-electron chi connectivity index (χ2n) is 5.99. The molecular formula is C16H24N2O2S. The molecule has 1 aromatic carbocycles. The van der Waals surface area contributed by atoms with Crippen LogP contribution in [0.25, 0.3) is 0 Å². The first-order valence-corrected chi connectivity index (χ1v) is 9.42. The number of rotatable bonds is 3. The standard InChI is InChI=1S/C16H24N2O2S/c1-2-14-7-3-4-11-18(14)21(19,20)16-8-5-6-13-12-17-10-9-15(13)16/h5-6,8,14,17H,2-4,7,9-12H2,1H3. The van der Waals surface area contributed by atoms with E-state index >= 15 is 0 Å². The highest BCUT2D eigenvalue weighted by atomic mass is 32.2. The Kier molecular flexibility index (Phi) is 4.33. The van der Waals surface area contributed by atoms with Crippen LogP contribution in [-0.2, 0) is 23.0 Å². The van der Waals surface area contributed by atoms with E-state index in [-0.39, 0.29) is 6.04 Å². The van der Waals surface area contributed by atoms with Gasteiger partial charge in [0.25, 0.3) is 0 Å². The Hall–Kier alpha value is -0.910. The average molecular weight is 308 g/mol. The molecule has 5 heteroatoms. The molecular weight excluding hydrogens is 284 g/mol. The van der Waals surface area contributed by atoms with Crippen LogP contribution in [0.15, 0.2) is 23.1 Å². The van der Waals surface area contributed by atoms with E-state index in [0.717, 1.165) is 56.3 Å². The molecule has 0 saturated carbocycles. The molecule has 2 aliphatic rings. The van der Waals surface area contributed by atoms with E-state index in [4.69, 9.17) is 0 Å². The molecule has 1 atom stereocenters. The molecule has 1 aromatic rings. The molecule has 1 unspecified atom stereocenters. The number of nitrogens with one attached hydrogen (secondary N) is 1. The summed E-state index contributed by atoms with van der Waals surface area (Å²) in [6.45, 7) is 4.39. The van der Waals surface area contributed by atoms with Gasteiger partial charge in [-0.3, -0.25) is 0 Å². The lowest BCUT2D eigenvalue weighted by molar-refractivity contribution is 0.246. The van der Waals surface area contributed by atoms with Gasteiger partial charge in [0.2, 0.25) is 10.0 Å². The van der Waals surface area contributed by atoms with E-state index in [1.807, 2.05) is 12.1 Å². The van der Waals surface area contributed by atoms with Gasteiger partial charge < -0.3 is 5.32 Å². The number of piperidine rings is 1. The van der Waals surface area contributed by atoms with Crippen LogP contribution >= 0.6 is 0 Å². The number of hydrogen-bond donors (Lipinski definition) is 1. The normalized spacial score (nSPS) is 23.8. The summed E-state index contributed by atoms with van der Waals surface area (Å²) < 4.78 is 28.0. The van der Waals surface area contributed by atoms with Crippen molar-refractivity contribution in [3.05, 3.63) is 29.3 Å². The zero-order chi connectivity index (χ0) is 14.9. The fourth-order valence-electron chi connectivity index (χ4n) is 3.56. The largest absolute Gasteiger partial charge is 0.312 e. The molecule has 0 amide bonds. The van der Waals surface area contributed by atoms with E-state index in [9.17, 15) is 8.42 Å². The number of benzene rings is 1. The second-order valence-corrected chi connectivity index (χ2v) is 7.85. The number of sulfonamides is 1. The SMILES string of the molecule is CCC1CCCCN1S(=O)(=O)c1cccc2c1CCNC2. The van der Waals surface area contributed by atoms with Gasteiger partial charge in [-0.05, 0) is 49.4 Å². The Bertz CT molecular complexity index is 613. The zero-order valence-electron chi connectivity index (χ0n) is 12.6. The van der Waals surface area contributed by atoms with Gasteiger partial charge in [-0.2, -0.15) is 4.31 Å². The van der Waals surface area contributed by atoms with Crippen LogP contribution in [0.3, 0.4) is 0 Å². The third-order valence-electron chi connectivity index (χ3n) is 4.73. The van der Waals surface area contributed by atoms with Crippen LogP contribution < -0.4 is 5.32 Å². The molecule has 2 heterocycles. The molecule has 0 bridgehead atoms. The van der Waals surface area contributed by atoms with Gasteiger partial charge >= 0.3 is 0 Å². The van der Waals surface area contributed by atoms with Crippen LogP contribution in [0, 0.1) is 0 Å². The van der Waals surface area contributed by atoms with Crippen LogP contribution in [0.1, 0.15) is 43.7 Å². The van der Waals surface area contributed by atoms with Crippen molar-refractivity contribution in [3.8, 4) is 0 Å². The first-order chi connectivity index (χ1) is 10.1. The summed E-state index contributed by atoms with van der Waals surface area (Å²) in [4.78, 5) is 0.543. The molecule has 116 valence electrons. The van der Waals surface area contributed by atoms with E-state index < -0.39 is 10.0 Å². The second kappa shape index (κ2) is 6.07. The van der Waals surface area contributed by atoms with Crippen molar-refractivity contribution in [1.29, 1.82) is 0 Å². The molecule has 0 aliphatic carbocycles. The predicted octanol–water partition coefficient (Wildman–Crippen LogP) is 2.29. The molecule has 2 aliphatic heterocycles. The Morgan fingerprint density at radius 1 is 1.33 bits per heavy atom. The van der Waals surface area contributed by atoms with Crippen LogP contribution in [-0.4, -0.2) is 31.9 Å². The van der Waals surface area contributed by atoms with E-state index in [2.05, 4.69) is 12.2 Å². The van der Waals surface area contributed by atoms with Gasteiger partial charge in [-0.25, -0.2) is 8.42 Å². The molecule has 1 fully saturated rings. The molecule has 0 spiro atoms. The number of hydrogen-bond acceptors (Lipinski definition) is 3. The summed E-state index contributed by atoms with van der Waals surface area (Å²) in [5, 5.41) is 3.31. The van der Waals surface area contributed by atoms with Crippen molar-refractivity contribution in [2.24, 2.45) is 0 Å². The van der Waals surface area contributed by atoms with Crippen molar-refractivity contribution in [2.45, 2.75) is 56.5 Å². The fraction of sp³-hybridized carbons (Fsp3) is 0.625. The van der Waals surface area contributed by atoms with Crippen molar-refractivity contribution in [1.82, 2.24) is 9.62 Å². The summed E-state index contributed by atoms with van der Waals surface area (Å²) in [6, 6.07) is 5.87. The van der Waals surface area contributed by atoms with E-state index in [1.54, 1.807) is 10.4 Å². The lowest BCUT2D eigenvalue weighted by Crippen LogP contribution is -2.43. The maximum Gasteiger partial charge on any atom is 0.243 e. The highest BCUT2D eigenvalue weighted by Gasteiger charge is 2.34. The highest BCUT2D eigenvalue weighted by Crippen LogP contribution is 2.30. The molecule has 1 N–H and O–H groups in total. The van der Waals surface area contributed by atoms with E-state index in [1.165, 1.54) is 0 Å². The quantitative estimate of drug-likeness (QED) is 0.932. The van der Waals surface area contributed by atoms with Crippen molar-refractivity contribution < 1.29 is 8.42 Å². The monoisotopic (exact) mass is 308 g/mol. The third kappa shape index (κ3) is 2.74. The van der Waals surface area contributed by atoms with Gasteiger partial charge in [0.1, 0.15) is 0 Å². The van der Waals surface area contributed by atoms with E-state index in [0.29, 0.717) is 11.4 Å². The minimum absolute atomic E-state index is 0.168. The average Bonchev–Trinajstić information content (AvgIpc) is 2.54. The molecule has 1 saturated heterocycles. The van der Waals surface area contributed by atoms with Gasteiger partial charge in [-0.15, -0.1) is 0 Å². The summed E-state index contributed by atoms with van der Waals surface area (Å²) in [5.41, 5.74) is 2.16. The molecule has 4 nitrogen and oxygen atoms in total. The summed E-state index contributed by atoms with van der Waals surface area (Å²) in [7, 11) is -3.36. The molecule has 0 aromatic heterocycles. The van der Waals surface area contributed by atoms with Gasteiger partial charge in [0, 0.05) is 19.1 Å². The van der Waals surface area contributed by atoms with Gasteiger partial charge in [-0.1, -0.05) is 25.5 Å². The van der Waals surface area contributed by atoms with Crippen LogP contribution in [0.4, 0.5) is 0 Å². The topological polar surface area (TPSA) is 49.4 Å². The Morgan fingerprint density at radius 3 is 3.00 bits per heavy atom. The smallest absolute Gasteiger partial charge is 0.243 e. The van der Waals surface area contributed by atoms with Gasteiger partial charge in [0.05, 0.1) is 4.90 Å². The summed E-state index contributed by atoms with van der Waals surface area (Å²) in [6.07, 6.45) is 4.81. The van der Waals surface area contributed by atoms with Crippen molar-refractivity contribution in [3.63, 3.8) is 0 Å². The van der Waals surface area contributed by atoms with Crippen molar-refractivity contribution >= 4 is 10.0 Å². The summed E-state index contributed by atoms with van der Waals surface area (Å²) >= 11 is 0. The predicted molar refractivity (Wildman–Crippen MR) is 83.7 cm³/mol. The maximum atomic E-state index is 13.1. The lowest BCUT2D eigenvalue weighted by atomic mass is 10.0. The number of fused-ring (bicyclic) bond motifs is 1. The first-order valence-electron chi connectivity index (χ1n) is 7.98. The number of nitrogens with zero attached hydrogens (tertiary/aromatic N) is 1. The zero-order valence-corrected chi connectivity index (χ0v) is 13.5. The minimum Gasteiger partial charge on any atom is -0.312 e. The molecule has 21 heavy (non-hydrogen) atoms. The lowest BCUT2D eigenvalue weighted by Gasteiger charge is -2.35. The summed E-state index contributed by atoms with van der Waals surface area (Å²) in [5.74, 6) is 0. The Morgan fingerprint density at radius 2 is 2.19 bits per heavy atom. The maximum absolute atomic E-state index is 13.1. The fourth-order valence-corrected chi connectivity index (χ4v) is 5.63.